The zero-order valence-electron chi connectivity index (χ0n) is 8.78. The Morgan fingerprint density at radius 2 is 1.81 bits per heavy atom. The summed E-state index contributed by atoms with van der Waals surface area (Å²) in [5, 5.41) is 2.51. The van der Waals surface area contributed by atoms with Gasteiger partial charge < -0.3 is 14.4 Å². The van der Waals surface area contributed by atoms with Crippen LogP contribution in [0.2, 0.25) is 0 Å². The minimum atomic E-state index is -3.57. The van der Waals surface area contributed by atoms with Gasteiger partial charge in [-0.25, -0.2) is 0 Å². The second-order valence-corrected chi connectivity index (χ2v) is 7.32. The Bertz CT molecular complexity index is 264. The molecule has 0 amide bonds. The van der Waals surface area contributed by atoms with Crippen LogP contribution in [0.3, 0.4) is 0 Å². The lowest BCUT2D eigenvalue weighted by atomic mass is 10.7. The first-order chi connectivity index (χ1) is 7.31. The molecule has 0 aliphatic heterocycles. The van der Waals surface area contributed by atoms with E-state index in [-0.39, 0.29) is 13.2 Å². The van der Waals surface area contributed by atoms with Gasteiger partial charge in [0.05, 0.1) is 18.7 Å². The van der Waals surface area contributed by atoms with Gasteiger partial charge >= 0.3 is 7.60 Å². The normalized spacial score (nSPS) is 14.6. The second kappa shape index (κ2) is 7.37. The van der Waals surface area contributed by atoms with Crippen LogP contribution in [0.4, 0.5) is 0 Å². The number of hydrogen-bond acceptors (Lipinski definition) is 4. The van der Waals surface area contributed by atoms with Crippen LogP contribution in [0.25, 0.3) is 0 Å². The fourth-order valence-corrected chi connectivity index (χ4v) is 4.19. The van der Waals surface area contributed by atoms with Crippen molar-refractivity contribution in [1.29, 1.82) is 0 Å². The lowest BCUT2D eigenvalue weighted by Crippen LogP contribution is -2.40. The van der Waals surface area contributed by atoms with Gasteiger partial charge in [0.25, 0.3) is 0 Å². The van der Waals surface area contributed by atoms with Crippen LogP contribution in [0.5, 0.6) is 0 Å². The molecule has 0 aromatic rings. The van der Waals surface area contributed by atoms with Crippen molar-refractivity contribution in [1.82, 2.24) is 5.32 Å². The fraction of sp³-hybridized carbons (Fsp3) is 0.857. The molecule has 0 radical (unpaired) electrons. The molecule has 4 nitrogen and oxygen atoms in total. The van der Waals surface area contributed by atoms with Crippen LogP contribution < -0.4 is 5.32 Å². The summed E-state index contributed by atoms with van der Waals surface area (Å²) in [4.78, 5) is 0. The third-order valence-corrected chi connectivity index (χ3v) is 5.12. The van der Waals surface area contributed by atoms with E-state index in [1.54, 1.807) is 13.8 Å². The average Bonchev–Trinajstić information content (AvgIpc) is 2.13. The van der Waals surface area contributed by atoms with Crippen molar-refractivity contribution in [3.63, 3.8) is 0 Å². The van der Waals surface area contributed by atoms with Crippen LogP contribution in [0.15, 0.2) is 0 Å². The summed E-state index contributed by atoms with van der Waals surface area (Å²) >= 11 is 21.7. The zero-order valence-corrected chi connectivity index (χ0v) is 12.8. The molecule has 96 valence electrons. The molecule has 0 bridgehead atoms. The third-order valence-electron chi connectivity index (χ3n) is 1.47. The number of alkyl halides is 3. The molecule has 16 heavy (non-hydrogen) atoms. The van der Waals surface area contributed by atoms with E-state index in [4.69, 9.17) is 43.9 Å². The first-order valence-corrected chi connectivity index (χ1v) is 7.68. The smallest absolute Gasteiger partial charge is 0.357 e. The van der Waals surface area contributed by atoms with E-state index in [1.807, 2.05) is 0 Å². The predicted molar refractivity (Wildman–Crippen MR) is 71.7 cm³/mol. The number of rotatable bonds is 7. The van der Waals surface area contributed by atoms with E-state index in [0.29, 0.717) is 0 Å². The number of hydrogen-bond donors (Lipinski definition) is 1. The maximum absolute atomic E-state index is 12.3. The Morgan fingerprint density at radius 3 is 2.06 bits per heavy atom. The Morgan fingerprint density at radius 1 is 1.38 bits per heavy atom. The van der Waals surface area contributed by atoms with Crippen molar-refractivity contribution in [2.45, 2.75) is 23.4 Å². The van der Waals surface area contributed by atoms with Crippen molar-refractivity contribution in [3.05, 3.63) is 0 Å². The van der Waals surface area contributed by atoms with Gasteiger partial charge in [-0.1, -0.05) is 47.0 Å². The Hall–Kier alpha value is 0.910. The second-order valence-electron chi connectivity index (χ2n) is 2.60. The van der Waals surface area contributed by atoms with E-state index in [1.165, 1.54) is 0 Å². The van der Waals surface area contributed by atoms with Gasteiger partial charge in [0.1, 0.15) is 0 Å². The summed E-state index contributed by atoms with van der Waals surface area (Å²) in [7, 11) is -3.57. The summed E-state index contributed by atoms with van der Waals surface area (Å²) < 4.78 is 20.6. The number of halogens is 3. The van der Waals surface area contributed by atoms with E-state index >= 15 is 0 Å². The molecule has 0 aromatic heterocycles. The minimum Gasteiger partial charge on any atom is -0.365 e. The molecular weight excluding hydrogens is 315 g/mol. The Kier molecular flexibility index (Phi) is 7.79. The monoisotopic (exact) mass is 327 g/mol. The van der Waals surface area contributed by atoms with Gasteiger partial charge in [-0.2, -0.15) is 0 Å². The van der Waals surface area contributed by atoms with Gasteiger partial charge in [0, 0.05) is 0 Å². The highest BCUT2D eigenvalue weighted by atomic mass is 35.6. The van der Waals surface area contributed by atoms with E-state index in [2.05, 4.69) is 17.5 Å². The van der Waals surface area contributed by atoms with Crippen molar-refractivity contribution < 1.29 is 13.6 Å². The first kappa shape index (κ1) is 16.9. The summed E-state index contributed by atoms with van der Waals surface area (Å²) in [5.74, 6) is -1.14. The molecule has 1 N–H and O–H groups in total. The molecule has 0 aliphatic carbocycles. The van der Waals surface area contributed by atoms with Gasteiger partial charge in [-0.15, -0.1) is 0 Å². The Balaban J connectivity index is 5.09. The summed E-state index contributed by atoms with van der Waals surface area (Å²) in [6.07, 6.45) is 0. The summed E-state index contributed by atoms with van der Waals surface area (Å²) in [5.41, 5.74) is 1.11. The highest BCUT2D eigenvalue weighted by Gasteiger charge is 2.48. The molecule has 9 heteroatoms. The van der Waals surface area contributed by atoms with E-state index in [9.17, 15) is 4.57 Å². The first-order valence-electron chi connectivity index (χ1n) is 4.47. The molecule has 0 aliphatic rings. The average molecular weight is 329 g/mol. The lowest BCUT2D eigenvalue weighted by Gasteiger charge is -2.30. The van der Waals surface area contributed by atoms with Crippen LogP contribution in [-0.2, 0) is 13.6 Å². The molecule has 0 unspecified atom stereocenters. The van der Waals surface area contributed by atoms with Crippen LogP contribution >= 0.6 is 54.6 Å². The highest BCUT2D eigenvalue weighted by molar-refractivity contribution is 7.78. The van der Waals surface area contributed by atoms with Crippen molar-refractivity contribution >= 4 is 60.1 Å². The molecule has 0 saturated carbocycles. The van der Waals surface area contributed by atoms with E-state index < -0.39 is 17.2 Å². The molecule has 1 atom stereocenters. The summed E-state index contributed by atoms with van der Waals surface area (Å²) in [6.45, 7) is 3.68. The molecule has 0 saturated heterocycles. The topological polar surface area (TPSA) is 47.6 Å². The molecule has 0 heterocycles. The predicted octanol–water partition coefficient (Wildman–Crippen LogP) is 3.50. The summed E-state index contributed by atoms with van der Waals surface area (Å²) in [6, 6.07) is 0. The fourth-order valence-electron chi connectivity index (χ4n) is 0.976. The van der Waals surface area contributed by atoms with Crippen molar-refractivity contribution in [2.75, 3.05) is 13.2 Å². The highest BCUT2D eigenvalue weighted by Crippen LogP contribution is 2.58. The number of thiocarbonyl (C=S) groups is 1. The molecular formula is C7H13Cl3NO3PS. The molecule has 0 spiro atoms. The number of nitrogens with one attached hydrogen (secondary N) is 1. The Labute approximate surface area is 115 Å². The molecule has 0 fully saturated rings. The zero-order chi connectivity index (χ0) is 12.8. The van der Waals surface area contributed by atoms with Gasteiger partial charge in [0.15, 0.2) is 5.78 Å². The third kappa shape index (κ3) is 5.05. The lowest BCUT2D eigenvalue weighted by molar-refractivity contribution is 0.210. The van der Waals surface area contributed by atoms with Gasteiger partial charge in [-0.3, -0.25) is 4.57 Å². The van der Waals surface area contributed by atoms with Crippen LogP contribution in [0.1, 0.15) is 13.8 Å². The van der Waals surface area contributed by atoms with Crippen molar-refractivity contribution in [3.8, 4) is 0 Å². The maximum atomic E-state index is 12.3. The van der Waals surface area contributed by atoms with E-state index in [0.717, 1.165) is 5.49 Å². The standard InChI is InChI=1S/C7H13Cl3NO3PS/c1-3-13-15(12,14-4-2)6(11-5-16)7(8,9)10/h5-6H,3-4H2,1-2H3,(H,11,16)/t6-/m0/s1. The maximum Gasteiger partial charge on any atom is 0.357 e. The van der Waals surface area contributed by atoms with Crippen LogP contribution in [0, 0.1) is 0 Å². The molecule has 0 rings (SSSR count). The molecule has 0 aromatic carbocycles. The van der Waals surface area contributed by atoms with Crippen LogP contribution in [-0.4, -0.2) is 28.3 Å². The minimum absolute atomic E-state index is 0.174. The van der Waals surface area contributed by atoms with Gasteiger partial charge in [-0.05, 0) is 13.8 Å². The van der Waals surface area contributed by atoms with Gasteiger partial charge in [0.2, 0.25) is 3.79 Å². The SMILES string of the molecule is CCOP(=O)(OCC)[C@H](NC=S)C(Cl)(Cl)Cl. The van der Waals surface area contributed by atoms with Crippen molar-refractivity contribution in [2.24, 2.45) is 0 Å². The quantitative estimate of drug-likeness (QED) is 0.440. The largest absolute Gasteiger partial charge is 0.365 e.